The minimum Gasteiger partial charge on any atom is -0.459 e. The summed E-state index contributed by atoms with van der Waals surface area (Å²) in [4.78, 5) is 0. The van der Waals surface area contributed by atoms with Crippen LogP contribution in [-0.4, -0.2) is 9.78 Å². The van der Waals surface area contributed by atoms with E-state index in [2.05, 4.69) is 5.10 Å². The molecule has 3 rings (SSSR count). The van der Waals surface area contributed by atoms with E-state index in [1.807, 2.05) is 32.5 Å². The van der Waals surface area contributed by atoms with Gasteiger partial charge in [-0.25, -0.2) is 4.39 Å². The summed E-state index contributed by atoms with van der Waals surface area (Å²) < 4.78 is 20.9. The highest BCUT2D eigenvalue weighted by atomic mass is 19.1. The largest absolute Gasteiger partial charge is 0.459 e. The van der Waals surface area contributed by atoms with Crippen LogP contribution < -0.4 is 5.73 Å². The smallest absolute Gasteiger partial charge is 0.137 e. The number of fused-ring (bicyclic) bond motifs is 1. The molecule has 21 heavy (non-hydrogen) atoms. The standard InChI is InChI=1S/C16H18FN3O/c1-8-12-6-5-11(17)7-13(12)21-16(8)15(18)14-9(2)19-20(4)10(14)3/h5-7,15H,18H2,1-4H3. The minimum absolute atomic E-state index is 0.315. The lowest BCUT2D eigenvalue weighted by atomic mass is 10.00. The van der Waals surface area contributed by atoms with Crippen LogP contribution in [0, 0.1) is 26.6 Å². The molecule has 2 heterocycles. The second-order valence-corrected chi connectivity index (χ2v) is 5.42. The van der Waals surface area contributed by atoms with Gasteiger partial charge in [-0.1, -0.05) is 0 Å². The van der Waals surface area contributed by atoms with Crippen molar-refractivity contribution in [3.05, 3.63) is 52.3 Å². The van der Waals surface area contributed by atoms with Crippen LogP contribution in [0.15, 0.2) is 22.6 Å². The zero-order valence-corrected chi connectivity index (χ0v) is 12.6. The summed E-state index contributed by atoms with van der Waals surface area (Å²) in [7, 11) is 1.89. The van der Waals surface area contributed by atoms with Crippen molar-refractivity contribution >= 4 is 11.0 Å². The molecule has 0 saturated heterocycles. The maximum absolute atomic E-state index is 13.3. The van der Waals surface area contributed by atoms with Gasteiger partial charge in [0.05, 0.1) is 11.7 Å². The Balaban J connectivity index is 2.17. The first-order valence-electron chi connectivity index (χ1n) is 6.84. The van der Waals surface area contributed by atoms with Crippen LogP contribution in [0.25, 0.3) is 11.0 Å². The van der Waals surface area contributed by atoms with Gasteiger partial charge in [0.2, 0.25) is 0 Å². The van der Waals surface area contributed by atoms with Gasteiger partial charge >= 0.3 is 0 Å². The summed E-state index contributed by atoms with van der Waals surface area (Å²) in [6.07, 6.45) is 0. The molecule has 1 aromatic carbocycles. The molecular formula is C16H18FN3O. The summed E-state index contributed by atoms with van der Waals surface area (Å²) in [5, 5.41) is 5.28. The Hall–Kier alpha value is -2.14. The van der Waals surface area contributed by atoms with E-state index in [9.17, 15) is 4.39 Å². The maximum atomic E-state index is 13.3. The Morgan fingerprint density at radius 2 is 2.00 bits per heavy atom. The number of halogens is 1. The van der Waals surface area contributed by atoms with Crippen molar-refractivity contribution in [1.29, 1.82) is 0 Å². The van der Waals surface area contributed by atoms with E-state index in [1.54, 1.807) is 6.07 Å². The predicted molar refractivity (Wildman–Crippen MR) is 79.6 cm³/mol. The first-order chi connectivity index (χ1) is 9.90. The maximum Gasteiger partial charge on any atom is 0.137 e. The van der Waals surface area contributed by atoms with E-state index in [0.717, 1.165) is 27.9 Å². The van der Waals surface area contributed by atoms with Gasteiger partial charge in [-0.05, 0) is 32.9 Å². The molecule has 0 radical (unpaired) electrons. The third kappa shape index (κ3) is 2.05. The van der Waals surface area contributed by atoms with Gasteiger partial charge in [0.1, 0.15) is 17.2 Å². The van der Waals surface area contributed by atoms with Gasteiger partial charge in [0.15, 0.2) is 0 Å². The topological polar surface area (TPSA) is 57.0 Å². The summed E-state index contributed by atoms with van der Waals surface area (Å²) in [6.45, 7) is 5.85. The second-order valence-electron chi connectivity index (χ2n) is 5.42. The first-order valence-corrected chi connectivity index (χ1v) is 6.84. The lowest BCUT2D eigenvalue weighted by Gasteiger charge is -2.11. The molecule has 0 fully saturated rings. The molecule has 0 bridgehead atoms. The Morgan fingerprint density at radius 3 is 2.62 bits per heavy atom. The lowest BCUT2D eigenvalue weighted by Crippen LogP contribution is -2.14. The Kier molecular flexibility index (Phi) is 3.10. The third-order valence-electron chi connectivity index (χ3n) is 4.10. The SMILES string of the molecule is Cc1nn(C)c(C)c1C(N)c1oc2cc(F)ccc2c1C. The Labute approximate surface area is 122 Å². The number of rotatable bonds is 2. The van der Waals surface area contributed by atoms with Gasteiger partial charge < -0.3 is 10.2 Å². The highest BCUT2D eigenvalue weighted by molar-refractivity contribution is 5.82. The van der Waals surface area contributed by atoms with E-state index in [4.69, 9.17) is 10.2 Å². The molecule has 0 aliphatic heterocycles. The fourth-order valence-electron chi connectivity index (χ4n) is 2.89. The van der Waals surface area contributed by atoms with Gasteiger partial charge in [-0.2, -0.15) is 5.10 Å². The van der Waals surface area contributed by atoms with Crippen molar-refractivity contribution in [2.24, 2.45) is 12.8 Å². The fraction of sp³-hybridized carbons (Fsp3) is 0.312. The molecule has 3 aromatic rings. The molecule has 0 saturated carbocycles. The zero-order valence-electron chi connectivity index (χ0n) is 12.6. The highest BCUT2D eigenvalue weighted by Gasteiger charge is 2.24. The van der Waals surface area contributed by atoms with Gasteiger partial charge in [0, 0.05) is 35.3 Å². The van der Waals surface area contributed by atoms with Crippen molar-refractivity contribution in [2.75, 3.05) is 0 Å². The van der Waals surface area contributed by atoms with Crippen LogP contribution in [0.5, 0.6) is 0 Å². The van der Waals surface area contributed by atoms with Crippen LogP contribution in [0.1, 0.15) is 34.3 Å². The molecule has 0 aliphatic carbocycles. The predicted octanol–water partition coefficient (Wildman–Crippen LogP) is 3.28. The van der Waals surface area contributed by atoms with E-state index in [1.165, 1.54) is 12.1 Å². The van der Waals surface area contributed by atoms with Crippen molar-refractivity contribution in [3.8, 4) is 0 Å². The monoisotopic (exact) mass is 287 g/mol. The van der Waals surface area contributed by atoms with Crippen LogP contribution >= 0.6 is 0 Å². The van der Waals surface area contributed by atoms with Crippen molar-refractivity contribution in [3.63, 3.8) is 0 Å². The van der Waals surface area contributed by atoms with Crippen molar-refractivity contribution < 1.29 is 8.81 Å². The van der Waals surface area contributed by atoms with E-state index in [0.29, 0.717) is 11.3 Å². The number of benzene rings is 1. The van der Waals surface area contributed by atoms with Gasteiger partial charge in [-0.15, -0.1) is 0 Å². The molecule has 0 aliphatic rings. The summed E-state index contributed by atoms with van der Waals surface area (Å²) >= 11 is 0. The first kappa shape index (κ1) is 13.8. The number of aromatic nitrogens is 2. The molecule has 5 heteroatoms. The summed E-state index contributed by atoms with van der Waals surface area (Å²) in [5.41, 5.74) is 10.7. The molecule has 1 unspecified atom stereocenters. The number of nitrogens with zero attached hydrogens (tertiary/aromatic N) is 2. The zero-order chi connectivity index (χ0) is 15.3. The molecular weight excluding hydrogens is 269 g/mol. The van der Waals surface area contributed by atoms with Crippen molar-refractivity contribution in [2.45, 2.75) is 26.8 Å². The number of nitrogens with two attached hydrogens (primary N) is 1. The lowest BCUT2D eigenvalue weighted by molar-refractivity contribution is 0.516. The third-order valence-corrected chi connectivity index (χ3v) is 4.10. The van der Waals surface area contributed by atoms with Gasteiger partial charge in [-0.3, -0.25) is 4.68 Å². The summed E-state index contributed by atoms with van der Waals surface area (Å²) in [6, 6.07) is 4.14. The minimum atomic E-state index is -0.408. The van der Waals surface area contributed by atoms with Gasteiger partial charge in [0.25, 0.3) is 0 Å². The molecule has 1 atom stereocenters. The Bertz CT molecular complexity index is 832. The van der Waals surface area contributed by atoms with Crippen LogP contribution in [0.2, 0.25) is 0 Å². The highest BCUT2D eigenvalue weighted by Crippen LogP contribution is 2.33. The van der Waals surface area contributed by atoms with Crippen LogP contribution in [-0.2, 0) is 7.05 Å². The molecule has 110 valence electrons. The molecule has 2 N–H and O–H groups in total. The molecule has 0 amide bonds. The number of hydrogen-bond donors (Lipinski definition) is 1. The van der Waals surface area contributed by atoms with Crippen LogP contribution in [0.3, 0.4) is 0 Å². The summed E-state index contributed by atoms with van der Waals surface area (Å²) in [5.74, 6) is 0.347. The average molecular weight is 287 g/mol. The average Bonchev–Trinajstić information content (AvgIpc) is 2.87. The molecule has 2 aromatic heterocycles. The number of hydrogen-bond acceptors (Lipinski definition) is 3. The second kappa shape index (κ2) is 4.70. The van der Waals surface area contributed by atoms with E-state index >= 15 is 0 Å². The molecule has 0 spiro atoms. The van der Waals surface area contributed by atoms with E-state index < -0.39 is 6.04 Å². The number of aryl methyl sites for hydroxylation is 3. The Morgan fingerprint density at radius 1 is 1.29 bits per heavy atom. The molecule has 4 nitrogen and oxygen atoms in total. The van der Waals surface area contributed by atoms with Crippen molar-refractivity contribution in [1.82, 2.24) is 9.78 Å². The van der Waals surface area contributed by atoms with Crippen LogP contribution in [0.4, 0.5) is 4.39 Å². The quantitative estimate of drug-likeness (QED) is 0.787. The normalized spacial score (nSPS) is 13.0. The fourth-order valence-corrected chi connectivity index (χ4v) is 2.89. The van der Waals surface area contributed by atoms with E-state index in [-0.39, 0.29) is 5.82 Å². The number of furan rings is 1.